The number of carbonyl (C=O) groups excluding carboxylic acids is 1. The number of carbonyl (C=O) groups is 1. The van der Waals surface area contributed by atoms with Gasteiger partial charge in [-0.2, -0.15) is 0 Å². The fourth-order valence-electron chi connectivity index (χ4n) is 1.87. The average Bonchev–Trinajstić information content (AvgIpc) is 2.12. The molecule has 2 aliphatic rings. The van der Waals surface area contributed by atoms with E-state index < -0.39 is 0 Å². The summed E-state index contributed by atoms with van der Waals surface area (Å²) in [6.07, 6.45) is 3.50. The van der Waals surface area contributed by atoms with Gasteiger partial charge in [-0.05, 0) is 26.2 Å². The second kappa shape index (κ2) is 5.68. The van der Waals surface area contributed by atoms with Gasteiger partial charge in [-0.1, -0.05) is 0 Å². The molecule has 2 atom stereocenters. The Bertz CT molecular complexity index is 221. The summed E-state index contributed by atoms with van der Waals surface area (Å²) >= 11 is 0. The highest BCUT2D eigenvalue weighted by Crippen LogP contribution is 2.18. The van der Waals surface area contributed by atoms with Crippen LogP contribution in [0.15, 0.2) is 0 Å². The Balaban J connectivity index is 0.00000112. The number of nitrogens with one attached hydrogen (secondary N) is 2. The van der Waals surface area contributed by atoms with Gasteiger partial charge < -0.3 is 15.4 Å². The lowest BCUT2D eigenvalue weighted by Crippen LogP contribution is -2.57. The van der Waals surface area contributed by atoms with Crippen LogP contribution in [0.4, 0.5) is 0 Å². The zero-order valence-corrected chi connectivity index (χ0v) is 9.81. The highest BCUT2D eigenvalue weighted by Gasteiger charge is 2.30. The Kier molecular flexibility index (Phi) is 4.83. The molecule has 4 nitrogen and oxygen atoms in total. The van der Waals surface area contributed by atoms with Crippen molar-refractivity contribution >= 4 is 18.3 Å². The molecule has 0 aromatic carbocycles. The van der Waals surface area contributed by atoms with Crippen LogP contribution in [0.5, 0.6) is 0 Å². The topological polar surface area (TPSA) is 50.4 Å². The summed E-state index contributed by atoms with van der Waals surface area (Å²) in [6, 6.07) is 0.253. The van der Waals surface area contributed by atoms with E-state index in [4.69, 9.17) is 4.74 Å². The molecule has 0 bridgehead atoms. The van der Waals surface area contributed by atoms with Crippen LogP contribution in [0.25, 0.3) is 0 Å². The van der Waals surface area contributed by atoms with Crippen LogP contribution in [-0.4, -0.2) is 37.2 Å². The predicted octanol–water partition coefficient (Wildman–Crippen LogP) is 0.454. The minimum Gasteiger partial charge on any atom is -0.375 e. The third-order valence-corrected chi connectivity index (χ3v) is 3.05. The van der Waals surface area contributed by atoms with Crippen molar-refractivity contribution in [2.24, 2.45) is 0 Å². The molecule has 2 rings (SSSR count). The summed E-state index contributed by atoms with van der Waals surface area (Å²) in [4.78, 5) is 11.8. The standard InChI is InChI=1S/C10H18N2O2.ClH/c1-7-9(11-5-6-14-7)10(13)12-8-3-2-4-8;/h7-9,11H,2-6H2,1H3,(H,12,13);1H/t7-,9+;/m1./s1. The minimum absolute atomic E-state index is 0. The second-order valence-electron chi connectivity index (χ2n) is 4.14. The molecule has 1 heterocycles. The van der Waals surface area contributed by atoms with E-state index in [-0.39, 0.29) is 30.5 Å². The maximum Gasteiger partial charge on any atom is 0.240 e. The van der Waals surface area contributed by atoms with E-state index >= 15 is 0 Å². The lowest BCUT2D eigenvalue weighted by atomic mass is 9.92. The first-order chi connectivity index (χ1) is 6.77. The smallest absolute Gasteiger partial charge is 0.240 e. The molecule has 2 N–H and O–H groups in total. The number of halogens is 1. The number of hydrogen-bond acceptors (Lipinski definition) is 3. The number of morpholine rings is 1. The van der Waals surface area contributed by atoms with E-state index in [1.165, 1.54) is 6.42 Å². The third-order valence-electron chi connectivity index (χ3n) is 3.05. The number of rotatable bonds is 2. The van der Waals surface area contributed by atoms with E-state index in [9.17, 15) is 4.79 Å². The largest absolute Gasteiger partial charge is 0.375 e. The van der Waals surface area contributed by atoms with Gasteiger partial charge >= 0.3 is 0 Å². The molecule has 1 aliphatic heterocycles. The second-order valence-corrected chi connectivity index (χ2v) is 4.14. The number of hydrogen-bond donors (Lipinski definition) is 2. The van der Waals surface area contributed by atoms with Crippen LogP contribution >= 0.6 is 12.4 Å². The van der Waals surface area contributed by atoms with Crippen molar-refractivity contribution in [3.8, 4) is 0 Å². The van der Waals surface area contributed by atoms with E-state index in [0.717, 1.165) is 19.4 Å². The van der Waals surface area contributed by atoms with Gasteiger partial charge in [-0.25, -0.2) is 0 Å². The van der Waals surface area contributed by atoms with Crippen LogP contribution in [0.3, 0.4) is 0 Å². The third kappa shape index (κ3) is 3.06. The van der Waals surface area contributed by atoms with Crippen LogP contribution in [0.1, 0.15) is 26.2 Å². The summed E-state index contributed by atoms with van der Waals surface area (Å²) in [5.74, 6) is 0.0990. The first-order valence-electron chi connectivity index (χ1n) is 5.43. The van der Waals surface area contributed by atoms with Crippen molar-refractivity contribution in [1.82, 2.24) is 10.6 Å². The lowest BCUT2D eigenvalue weighted by molar-refractivity contribution is -0.130. The van der Waals surface area contributed by atoms with Gasteiger partial charge in [0.15, 0.2) is 0 Å². The minimum atomic E-state index is -0.163. The maximum atomic E-state index is 11.8. The Labute approximate surface area is 96.5 Å². The Hall–Kier alpha value is -0.320. The highest BCUT2D eigenvalue weighted by atomic mass is 35.5. The monoisotopic (exact) mass is 234 g/mol. The molecule has 2 fully saturated rings. The predicted molar refractivity (Wildman–Crippen MR) is 60.2 cm³/mol. The molecule has 0 aromatic rings. The van der Waals surface area contributed by atoms with Crippen molar-refractivity contribution < 1.29 is 9.53 Å². The molecular formula is C10H19ClN2O2. The maximum absolute atomic E-state index is 11.8. The molecule has 0 radical (unpaired) electrons. The van der Waals surface area contributed by atoms with Crippen LogP contribution in [-0.2, 0) is 9.53 Å². The molecule has 88 valence electrons. The van der Waals surface area contributed by atoms with Crippen LogP contribution in [0.2, 0.25) is 0 Å². The average molecular weight is 235 g/mol. The summed E-state index contributed by atoms with van der Waals surface area (Å²) in [5.41, 5.74) is 0. The lowest BCUT2D eigenvalue weighted by Gasteiger charge is -2.33. The molecule has 1 amide bonds. The SMILES string of the molecule is C[C@H]1OCCN[C@@H]1C(=O)NC1CCC1.Cl. The van der Waals surface area contributed by atoms with Crippen molar-refractivity contribution in [2.45, 2.75) is 44.4 Å². The molecule has 0 aromatic heterocycles. The quantitative estimate of drug-likeness (QED) is 0.730. The zero-order chi connectivity index (χ0) is 9.97. The molecule has 1 aliphatic carbocycles. The molecule has 0 unspecified atom stereocenters. The van der Waals surface area contributed by atoms with E-state index in [2.05, 4.69) is 10.6 Å². The fourth-order valence-corrected chi connectivity index (χ4v) is 1.87. The van der Waals surface area contributed by atoms with Gasteiger partial charge in [0.05, 0.1) is 12.7 Å². The van der Waals surface area contributed by atoms with Crippen LogP contribution < -0.4 is 10.6 Å². The van der Waals surface area contributed by atoms with E-state index in [1.807, 2.05) is 6.92 Å². The summed E-state index contributed by atoms with van der Waals surface area (Å²) < 4.78 is 5.42. The number of ether oxygens (including phenoxy) is 1. The normalized spacial score (nSPS) is 31.3. The molecule has 0 spiro atoms. The van der Waals surface area contributed by atoms with E-state index in [0.29, 0.717) is 12.6 Å². The van der Waals surface area contributed by atoms with Gasteiger partial charge in [-0.15, -0.1) is 12.4 Å². The summed E-state index contributed by atoms with van der Waals surface area (Å²) in [7, 11) is 0. The van der Waals surface area contributed by atoms with Gasteiger partial charge in [0.1, 0.15) is 6.04 Å². The van der Waals surface area contributed by atoms with Gasteiger partial charge in [0.25, 0.3) is 0 Å². The Morgan fingerprint density at radius 2 is 2.20 bits per heavy atom. The van der Waals surface area contributed by atoms with Crippen molar-refractivity contribution in [2.75, 3.05) is 13.2 Å². The molecule has 5 heteroatoms. The Morgan fingerprint density at radius 3 is 2.73 bits per heavy atom. The molecule has 1 saturated heterocycles. The molecule has 1 saturated carbocycles. The van der Waals surface area contributed by atoms with Crippen molar-refractivity contribution in [1.29, 1.82) is 0 Å². The number of amides is 1. The van der Waals surface area contributed by atoms with E-state index in [1.54, 1.807) is 0 Å². The molecular weight excluding hydrogens is 216 g/mol. The molecule has 15 heavy (non-hydrogen) atoms. The van der Waals surface area contributed by atoms with Gasteiger partial charge in [-0.3, -0.25) is 4.79 Å². The van der Waals surface area contributed by atoms with Gasteiger partial charge in [0, 0.05) is 12.6 Å². The van der Waals surface area contributed by atoms with Crippen molar-refractivity contribution in [3.63, 3.8) is 0 Å². The first kappa shape index (κ1) is 12.7. The first-order valence-corrected chi connectivity index (χ1v) is 5.43. The van der Waals surface area contributed by atoms with Crippen molar-refractivity contribution in [3.05, 3.63) is 0 Å². The highest BCUT2D eigenvalue weighted by molar-refractivity contribution is 5.85. The summed E-state index contributed by atoms with van der Waals surface area (Å²) in [5, 5.41) is 6.22. The zero-order valence-electron chi connectivity index (χ0n) is 8.99. The van der Waals surface area contributed by atoms with Crippen LogP contribution in [0, 0.1) is 0 Å². The summed E-state index contributed by atoms with van der Waals surface area (Å²) in [6.45, 7) is 3.42. The van der Waals surface area contributed by atoms with Gasteiger partial charge in [0.2, 0.25) is 5.91 Å². The fraction of sp³-hybridized carbons (Fsp3) is 0.900. The Morgan fingerprint density at radius 1 is 1.47 bits per heavy atom.